The van der Waals surface area contributed by atoms with Crippen LogP contribution in [0.2, 0.25) is 0 Å². The minimum absolute atomic E-state index is 0.00754. The van der Waals surface area contributed by atoms with Gasteiger partial charge in [-0.15, -0.1) is 6.58 Å². The van der Waals surface area contributed by atoms with Gasteiger partial charge in [0.25, 0.3) is 5.91 Å². The number of amides is 1. The van der Waals surface area contributed by atoms with Crippen LogP contribution in [-0.4, -0.2) is 44.4 Å². The number of ether oxygens (including phenoxy) is 1. The number of carbonyl (C=O) groups is 1. The smallest absolute Gasteiger partial charge is 0.257 e. The third-order valence-corrected chi connectivity index (χ3v) is 5.48. The maximum absolute atomic E-state index is 13.4. The van der Waals surface area contributed by atoms with E-state index in [1.165, 1.54) is 0 Å². The summed E-state index contributed by atoms with van der Waals surface area (Å²) in [6, 6.07) is 7.81. The summed E-state index contributed by atoms with van der Waals surface area (Å²) in [6.45, 7) is 9.32. The molecule has 0 spiro atoms. The van der Waals surface area contributed by atoms with Crippen LogP contribution in [-0.2, 0) is 19.5 Å². The highest BCUT2D eigenvalue weighted by Gasteiger charge is 2.30. The summed E-state index contributed by atoms with van der Waals surface area (Å²) < 4.78 is 7.33. The Bertz CT molecular complexity index is 1080. The molecule has 7 heteroatoms. The van der Waals surface area contributed by atoms with Gasteiger partial charge in [-0.25, -0.2) is 0 Å². The first kappa shape index (κ1) is 19.0. The van der Waals surface area contributed by atoms with Crippen LogP contribution in [0, 0.1) is 13.8 Å². The monoisotopic (exact) mass is 391 g/mol. The maximum Gasteiger partial charge on any atom is 0.257 e. The van der Waals surface area contributed by atoms with Gasteiger partial charge in [0, 0.05) is 42.0 Å². The quantitative estimate of drug-likeness (QED) is 0.677. The molecule has 7 nitrogen and oxygen atoms in total. The molecule has 0 saturated carbocycles. The minimum Gasteiger partial charge on any atom is -0.496 e. The van der Waals surface area contributed by atoms with Gasteiger partial charge in [0.15, 0.2) is 0 Å². The van der Waals surface area contributed by atoms with Gasteiger partial charge in [0.1, 0.15) is 11.4 Å². The summed E-state index contributed by atoms with van der Waals surface area (Å²) in [6.07, 6.45) is 2.52. The normalized spacial score (nSPS) is 13.3. The maximum atomic E-state index is 13.4. The highest BCUT2D eigenvalue weighted by molar-refractivity contribution is 5.96. The molecule has 4 rings (SSSR count). The molecule has 1 N–H and O–H groups in total. The lowest BCUT2D eigenvalue weighted by molar-refractivity contribution is 0.0733. The van der Waals surface area contributed by atoms with E-state index in [1.54, 1.807) is 13.2 Å². The summed E-state index contributed by atoms with van der Waals surface area (Å²) >= 11 is 0. The average Bonchev–Trinajstić information content (AvgIpc) is 3.27. The predicted octanol–water partition coefficient (Wildman–Crippen LogP) is 3.28. The molecular formula is C22H25N5O2. The van der Waals surface area contributed by atoms with Gasteiger partial charge in [-0.1, -0.05) is 18.2 Å². The van der Waals surface area contributed by atoms with E-state index in [0.717, 1.165) is 46.1 Å². The lowest BCUT2D eigenvalue weighted by atomic mass is 9.99. The van der Waals surface area contributed by atoms with Crippen LogP contribution in [0.3, 0.4) is 0 Å². The number of aromatic amines is 1. The number of nitrogens with one attached hydrogen (secondary N) is 1. The fourth-order valence-corrected chi connectivity index (χ4v) is 4.00. The fourth-order valence-electron chi connectivity index (χ4n) is 4.00. The largest absolute Gasteiger partial charge is 0.496 e. The van der Waals surface area contributed by atoms with Crippen molar-refractivity contribution in [2.45, 2.75) is 33.4 Å². The second kappa shape index (κ2) is 7.58. The Balaban J connectivity index is 1.67. The zero-order valence-electron chi connectivity index (χ0n) is 17.0. The Morgan fingerprint density at radius 3 is 2.90 bits per heavy atom. The molecule has 3 heterocycles. The summed E-state index contributed by atoms with van der Waals surface area (Å²) in [4.78, 5) is 15.2. The number of aryl methyl sites for hydroxylation is 1. The van der Waals surface area contributed by atoms with Crippen molar-refractivity contribution in [2.24, 2.45) is 0 Å². The first-order valence-electron chi connectivity index (χ1n) is 9.68. The van der Waals surface area contributed by atoms with Crippen molar-refractivity contribution in [2.75, 3.05) is 13.7 Å². The van der Waals surface area contributed by atoms with Crippen LogP contribution >= 0.6 is 0 Å². The average molecular weight is 391 g/mol. The second-order valence-corrected chi connectivity index (χ2v) is 7.22. The van der Waals surface area contributed by atoms with Crippen LogP contribution in [0.4, 0.5) is 0 Å². The molecule has 1 aliphatic heterocycles. The van der Waals surface area contributed by atoms with Crippen LogP contribution < -0.4 is 4.74 Å². The number of nitrogens with zero attached hydrogens (tertiary/aromatic N) is 4. The Morgan fingerprint density at radius 2 is 2.14 bits per heavy atom. The molecule has 0 bridgehead atoms. The summed E-state index contributed by atoms with van der Waals surface area (Å²) in [5.41, 5.74) is 6.18. The van der Waals surface area contributed by atoms with E-state index >= 15 is 0 Å². The van der Waals surface area contributed by atoms with Crippen LogP contribution in [0.5, 0.6) is 5.75 Å². The molecule has 0 atom stereocenters. The van der Waals surface area contributed by atoms with E-state index in [0.29, 0.717) is 25.2 Å². The van der Waals surface area contributed by atoms with Gasteiger partial charge < -0.3 is 9.64 Å². The van der Waals surface area contributed by atoms with Gasteiger partial charge in [0.05, 0.1) is 24.9 Å². The lowest BCUT2D eigenvalue weighted by Crippen LogP contribution is -2.36. The number of hydrogen-bond donors (Lipinski definition) is 1. The van der Waals surface area contributed by atoms with Gasteiger partial charge >= 0.3 is 0 Å². The third-order valence-electron chi connectivity index (χ3n) is 5.48. The van der Waals surface area contributed by atoms with Crippen molar-refractivity contribution in [3.8, 4) is 17.0 Å². The molecule has 0 fully saturated rings. The van der Waals surface area contributed by atoms with Crippen molar-refractivity contribution in [3.05, 3.63) is 65.1 Å². The van der Waals surface area contributed by atoms with Crippen molar-refractivity contribution in [1.82, 2.24) is 24.9 Å². The van der Waals surface area contributed by atoms with Crippen molar-refractivity contribution < 1.29 is 9.53 Å². The standard InChI is InChI=1S/C22H25N5O2/c1-5-11-27-15(3)20(14(2)25-27)22(28)26-12-10-18-17(13-26)21(24-23-18)16-8-6-7-9-19(16)29-4/h5-9H,1,10-13H2,2-4H3,(H,23,24). The summed E-state index contributed by atoms with van der Waals surface area (Å²) in [5, 5.41) is 12.2. The van der Waals surface area contributed by atoms with E-state index in [-0.39, 0.29) is 5.91 Å². The number of aromatic nitrogens is 4. The molecule has 2 aromatic heterocycles. The Morgan fingerprint density at radius 1 is 1.34 bits per heavy atom. The zero-order valence-corrected chi connectivity index (χ0v) is 17.0. The first-order chi connectivity index (χ1) is 14.0. The lowest BCUT2D eigenvalue weighted by Gasteiger charge is -2.27. The summed E-state index contributed by atoms with van der Waals surface area (Å²) in [5.74, 6) is 0.774. The number of fused-ring (bicyclic) bond motifs is 1. The molecular weight excluding hydrogens is 366 g/mol. The molecule has 1 aromatic carbocycles. The van der Waals surface area contributed by atoms with Gasteiger partial charge in [0.2, 0.25) is 0 Å². The highest BCUT2D eigenvalue weighted by Crippen LogP contribution is 2.34. The van der Waals surface area contributed by atoms with Crippen LogP contribution in [0.15, 0.2) is 36.9 Å². The number of allylic oxidation sites excluding steroid dienone is 1. The predicted molar refractivity (Wildman–Crippen MR) is 111 cm³/mol. The van der Waals surface area contributed by atoms with Gasteiger partial charge in [-0.05, 0) is 26.0 Å². The first-order valence-corrected chi connectivity index (χ1v) is 9.68. The summed E-state index contributed by atoms with van der Waals surface area (Å²) in [7, 11) is 1.65. The van der Waals surface area contributed by atoms with Crippen molar-refractivity contribution >= 4 is 5.91 Å². The number of hydrogen-bond acceptors (Lipinski definition) is 4. The number of methoxy groups -OCH3 is 1. The second-order valence-electron chi connectivity index (χ2n) is 7.22. The topological polar surface area (TPSA) is 76.0 Å². The van der Waals surface area contributed by atoms with Gasteiger partial charge in [-0.2, -0.15) is 10.2 Å². The number of benzene rings is 1. The fraction of sp³-hybridized carbons (Fsp3) is 0.318. The molecule has 1 amide bonds. The molecule has 1 aliphatic rings. The van der Waals surface area contributed by atoms with E-state index < -0.39 is 0 Å². The van der Waals surface area contributed by atoms with Crippen LogP contribution in [0.25, 0.3) is 11.3 Å². The van der Waals surface area contributed by atoms with E-state index in [2.05, 4.69) is 21.9 Å². The molecule has 0 aliphatic carbocycles. The van der Waals surface area contributed by atoms with E-state index in [9.17, 15) is 4.79 Å². The molecule has 3 aromatic rings. The van der Waals surface area contributed by atoms with Crippen molar-refractivity contribution in [3.63, 3.8) is 0 Å². The molecule has 0 radical (unpaired) electrons. The van der Waals surface area contributed by atoms with E-state index in [1.807, 2.05) is 47.7 Å². The Labute approximate surface area is 170 Å². The Hall–Kier alpha value is -3.35. The van der Waals surface area contributed by atoms with Crippen molar-refractivity contribution in [1.29, 1.82) is 0 Å². The number of para-hydroxylation sites is 1. The number of H-pyrrole nitrogens is 1. The van der Waals surface area contributed by atoms with E-state index in [4.69, 9.17) is 4.74 Å². The SMILES string of the molecule is C=CCn1nc(C)c(C(=O)N2CCc3[nH]nc(-c4ccccc4OC)c3C2)c1C. The molecule has 0 saturated heterocycles. The zero-order chi connectivity index (χ0) is 20.5. The van der Waals surface area contributed by atoms with Gasteiger partial charge in [-0.3, -0.25) is 14.6 Å². The molecule has 150 valence electrons. The minimum atomic E-state index is 0.00754. The third kappa shape index (κ3) is 3.22. The molecule has 29 heavy (non-hydrogen) atoms. The Kier molecular flexibility index (Phi) is 4.96. The number of rotatable bonds is 5. The molecule has 0 unspecified atom stereocenters. The number of carbonyl (C=O) groups excluding carboxylic acids is 1. The van der Waals surface area contributed by atoms with Crippen LogP contribution in [0.1, 0.15) is 33.0 Å². The highest BCUT2D eigenvalue weighted by atomic mass is 16.5.